The highest BCUT2D eigenvalue weighted by Gasteiger charge is 2.20. The van der Waals surface area contributed by atoms with Crippen LogP contribution in [0, 0.1) is 5.92 Å². The van der Waals surface area contributed by atoms with Gasteiger partial charge in [-0.25, -0.2) is 4.68 Å². The second-order valence-electron chi connectivity index (χ2n) is 5.21. The van der Waals surface area contributed by atoms with Crippen LogP contribution >= 0.6 is 0 Å². The Morgan fingerprint density at radius 3 is 3.00 bits per heavy atom. The summed E-state index contributed by atoms with van der Waals surface area (Å²) in [7, 11) is 0. The summed E-state index contributed by atoms with van der Waals surface area (Å²) in [4.78, 5) is 0. The zero-order chi connectivity index (χ0) is 12.1. The van der Waals surface area contributed by atoms with Crippen LogP contribution in [0.4, 0.5) is 5.82 Å². The average Bonchev–Trinajstić information content (AvgIpc) is 2.64. The molecule has 2 atom stereocenters. The van der Waals surface area contributed by atoms with Crippen molar-refractivity contribution in [3.05, 3.63) is 6.20 Å². The molecule has 0 spiro atoms. The lowest BCUT2D eigenvalue weighted by atomic mass is 9.97. The summed E-state index contributed by atoms with van der Waals surface area (Å²) in [5.41, 5.74) is 0. The van der Waals surface area contributed by atoms with Crippen molar-refractivity contribution in [1.29, 1.82) is 0 Å². The first-order chi connectivity index (χ1) is 8.31. The van der Waals surface area contributed by atoms with E-state index in [0.29, 0.717) is 6.04 Å². The molecule has 0 saturated heterocycles. The molecule has 0 aromatic carbocycles. The molecule has 0 amide bonds. The SMILES string of the molecule is CCCn1nncc1NC1CCCCCC1C. The standard InChI is InChI=1S/C13H24N4/c1-3-9-17-13(10-14-16-17)15-12-8-6-4-5-7-11(12)2/h10-12,15H,3-9H2,1-2H3. The van der Waals surface area contributed by atoms with Crippen LogP contribution in [0.5, 0.6) is 0 Å². The number of anilines is 1. The lowest BCUT2D eigenvalue weighted by molar-refractivity contribution is 0.451. The van der Waals surface area contributed by atoms with E-state index in [0.717, 1.165) is 24.7 Å². The van der Waals surface area contributed by atoms with Crippen LogP contribution in [0.15, 0.2) is 6.20 Å². The summed E-state index contributed by atoms with van der Waals surface area (Å²) in [6, 6.07) is 0.589. The maximum Gasteiger partial charge on any atom is 0.145 e. The largest absolute Gasteiger partial charge is 0.366 e. The van der Waals surface area contributed by atoms with Crippen molar-refractivity contribution in [2.24, 2.45) is 5.92 Å². The van der Waals surface area contributed by atoms with E-state index in [1.165, 1.54) is 32.1 Å². The van der Waals surface area contributed by atoms with E-state index in [1.54, 1.807) is 0 Å². The number of nitrogens with one attached hydrogen (secondary N) is 1. The van der Waals surface area contributed by atoms with E-state index in [1.807, 2.05) is 10.9 Å². The molecular formula is C13H24N4. The van der Waals surface area contributed by atoms with E-state index in [-0.39, 0.29) is 0 Å². The molecular weight excluding hydrogens is 212 g/mol. The predicted molar refractivity (Wildman–Crippen MR) is 70.0 cm³/mol. The summed E-state index contributed by atoms with van der Waals surface area (Å²) in [5.74, 6) is 1.84. The minimum Gasteiger partial charge on any atom is -0.366 e. The van der Waals surface area contributed by atoms with Crippen molar-refractivity contribution in [3.63, 3.8) is 0 Å². The third-order valence-corrected chi connectivity index (χ3v) is 3.75. The van der Waals surface area contributed by atoms with Crippen LogP contribution in [-0.2, 0) is 6.54 Å². The molecule has 96 valence electrons. The van der Waals surface area contributed by atoms with Gasteiger partial charge in [-0.2, -0.15) is 0 Å². The number of rotatable bonds is 4. The molecule has 2 rings (SSSR count). The van der Waals surface area contributed by atoms with Crippen molar-refractivity contribution < 1.29 is 0 Å². The fraction of sp³-hybridized carbons (Fsp3) is 0.846. The Labute approximate surface area is 104 Å². The number of aryl methyl sites for hydroxylation is 1. The summed E-state index contributed by atoms with van der Waals surface area (Å²) >= 11 is 0. The molecule has 4 nitrogen and oxygen atoms in total. The maximum absolute atomic E-state index is 4.12. The Morgan fingerprint density at radius 1 is 1.35 bits per heavy atom. The van der Waals surface area contributed by atoms with Gasteiger partial charge in [0.2, 0.25) is 0 Å². The highest BCUT2D eigenvalue weighted by molar-refractivity contribution is 5.32. The highest BCUT2D eigenvalue weighted by Crippen LogP contribution is 2.25. The number of hydrogen-bond donors (Lipinski definition) is 1. The van der Waals surface area contributed by atoms with Gasteiger partial charge in [-0.15, -0.1) is 5.10 Å². The van der Waals surface area contributed by atoms with E-state index in [2.05, 4.69) is 29.5 Å². The Kier molecular flexibility index (Phi) is 4.40. The molecule has 1 aliphatic rings. The summed E-state index contributed by atoms with van der Waals surface area (Å²) in [5, 5.41) is 11.8. The van der Waals surface area contributed by atoms with Gasteiger partial charge in [0, 0.05) is 12.6 Å². The molecule has 1 aromatic heterocycles. The number of aromatic nitrogens is 3. The fourth-order valence-corrected chi connectivity index (χ4v) is 2.64. The molecule has 1 heterocycles. The van der Waals surface area contributed by atoms with E-state index in [9.17, 15) is 0 Å². The topological polar surface area (TPSA) is 42.7 Å². The molecule has 0 bridgehead atoms. The Balaban J connectivity index is 2.00. The highest BCUT2D eigenvalue weighted by atomic mass is 15.5. The second-order valence-corrected chi connectivity index (χ2v) is 5.21. The minimum atomic E-state index is 0.589. The lowest BCUT2D eigenvalue weighted by Gasteiger charge is -2.23. The number of hydrogen-bond acceptors (Lipinski definition) is 3. The predicted octanol–water partition coefficient (Wildman–Crippen LogP) is 3.07. The molecule has 1 N–H and O–H groups in total. The third kappa shape index (κ3) is 3.20. The van der Waals surface area contributed by atoms with Crippen LogP contribution in [0.1, 0.15) is 52.4 Å². The van der Waals surface area contributed by atoms with Crippen LogP contribution < -0.4 is 5.32 Å². The molecule has 4 heteroatoms. The Bertz CT molecular complexity index is 334. The minimum absolute atomic E-state index is 0.589. The summed E-state index contributed by atoms with van der Waals surface area (Å²) in [6.07, 6.45) is 9.68. The van der Waals surface area contributed by atoms with Crippen LogP contribution in [0.2, 0.25) is 0 Å². The smallest absolute Gasteiger partial charge is 0.145 e. The maximum atomic E-state index is 4.12. The molecule has 0 radical (unpaired) electrons. The average molecular weight is 236 g/mol. The first-order valence-corrected chi connectivity index (χ1v) is 6.96. The summed E-state index contributed by atoms with van der Waals surface area (Å²) in [6.45, 7) is 5.47. The number of nitrogens with zero attached hydrogens (tertiary/aromatic N) is 3. The first kappa shape index (κ1) is 12.4. The van der Waals surface area contributed by atoms with Crippen molar-refractivity contribution in [3.8, 4) is 0 Å². The second kappa shape index (κ2) is 6.03. The van der Waals surface area contributed by atoms with Crippen LogP contribution in [0.3, 0.4) is 0 Å². The zero-order valence-corrected chi connectivity index (χ0v) is 11.0. The molecule has 0 aliphatic heterocycles. The normalized spacial score (nSPS) is 25.5. The monoisotopic (exact) mass is 236 g/mol. The van der Waals surface area contributed by atoms with Crippen LogP contribution in [-0.4, -0.2) is 21.0 Å². The van der Waals surface area contributed by atoms with Crippen molar-refractivity contribution in [2.75, 3.05) is 5.32 Å². The van der Waals surface area contributed by atoms with Crippen LogP contribution in [0.25, 0.3) is 0 Å². The van der Waals surface area contributed by atoms with E-state index >= 15 is 0 Å². The van der Waals surface area contributed by atoms with Gasteiger partial charge in [0.05, 0.1) is 6.20 Å². The van der Waals surface area contributed by atoms with Gasteiger partial charge in [0.15, 0.2) is 0 Å². The Morgan fingerprint density at radius 2 is 2.18 bits per heavy atom. The van der Waals surface area contributed by atoms with Gasteiger partial charge in [0.25, 0.3) is 0 Å². The summed E-state index contributed by atoms with van der Waals surface area (Å²) < 4.78 is 1.98. The molecule has 1 aliphatic carbocycles. The first-order valence-electron chi connectivity index (χ1n) is 6.96. The third-order valence-electron chi connectivity index (χ3n) is 3.75. The van der Waals surface area contributed by atoms with Gasteiger partial charge < -0.3 is 5.32 Å². The van der Waals surface area contributed by atoms with Crippen molar-refractivity contribution in [2.45, 2.75) is 65.0 Å². The van der Waals surface area contributed by atoms with Gasteiger partial charge in [-0.05, 0) is 25.2 Å². The van der Waals surface area contributed by atoms with Gasteiger partial charge >= 0.3 is 0 Å². The van der Waals surface area contributed by atoms with Gasteiger partial charge in [-0.1, -0.05) is 38.3 Å². The lowest BCUT2D eigenvalue weighted by Crippen LogP contribution is -2.27. The van der Waals surface area contributed by atoms with Crippen molar-refractivity contribution >= 4 is 5.82 Å². The fourth-order valence-electron chi connectivity index (χ4n) is 2.64. The van der Waals surface area contributed by atoms with Gasteiger partial charge in [0.1, 0.15) is 5.82 Å². The molecule has 1 fully saturated rings. The molecule has 2 unspecified atom stereocenters. The Hall–Kier alpha value is -1.06. The zero-order valence-electron chi connectivity index (χ0n) is 11.0. The molecule has 1 aromatic rings. The quantitative estimate of drug-likeness (QED) is 0.817. The van der Waals surface area contributed by atoms with Gasteiger partial charge in [-0.3, -0.25) is 0 Å². The van der Waals surface area contributed by atoms with Crippen molar-refractivity contribution in [1.82, 2.24) is 15.0 Å². The van der Waals surface area contributed by atoms with E-state index in [4.69, 9.17) is 0 Å². The molecule has 1 saturated carbocycles. The van der Waals surface area contributed by atoms with E-state index < -0.39 is 0 Å². The molecule has 17 heavy (non-hydrogen) atoms.